The molecule has 0 radical (unpaired) electrons. The lowest BCUT2D eigenvalue weighted by atomic mass is 10.1. The number of aliphatic imine (C=N–C) groups is 1. The van der Waals surface area contributed by atoms with Crippen molar-refractivity contribution in [3.63, 3.8) is 0 Å². The van der Waals surface area contributed by atoms with Crippen LogP contribution in [0.3, 0.4) is 0 Å². The van der Waals surface area contributed by atoms with Crippen molar-refractivity contribution in [3.8, 4) is 0 Å². The molecule has 3 heterocycles. The topological polar surface area (TPSA) is 152 Å². The molecule has 0 aromatic carbocycles. The summed E-state index contributed by atoms with van der Waals surface area (Å²) in [6, 6.07) is 0. The molecule has 130 valence electrons. The van der Waals surface area contributed by atoms with Crippen LogP contribution >= 0.6 is 0 Å². The van der Waals surface area contributed by atoms with Crippen LogP contribution in [0.15, 0.2) is 11.3 Å². The van der Waals surface area contributed by atoms with Gasteiger partial charge in [0.15, 0.2) is 23.2 Å². The zero-order valence-corrected chi connectivity index (χ0v) is 13.1. The van der Waals surface area contributed by atoms with Crippen LogP contribution in [0, 0.1) is 0 Å². The third kappa shape index (κ3) is 2.84. The molecule has 1 aliphatic heterocycles. The molecule has 1 aliphatic rings. The Morgan fingerprint density at radius 3 is 2.83 bits per heavy atom. The van der Waals surface area contributed by atoms with E-state index in [2.05, 4.69) is 19.9 Å². The lowest BCUT2D eigenvalue weighted by Crippen LogP contribution is -2.33. The maximum atomic E-state index is 10.2. The van der Waals surface area contributed by atoms with Gasteiger partial charge in [0.2, 0.25) is 5.95 Å². The molecule has 0 unspecified atom stereocenters. The van der Waals surface area contributed by atoms with Crippen LogP contribution < -0.4 is 5.73 Å². The third-order valence-electron chi connectivity index (χ3n) is 3.84. The summed E-state index contributed by atoms with van der Waals surface area (Å²) >= 11 is 0. The first-order valence-electron chi connectivity index (χ1n) is 7.71. The molecule has 4 atom stereocenters. The Hall–Kier alpha value is -2.14. The number of nitrogens with zero attached hydrogens (tertiary/aromatic N) is 5. The fourth-order valence-corrected chi connectivity index (χ4v) is 2.58. The van der Waals surface area contributed by atoms with Crippen LogP contribution in [0.2, 0.25) is 0 Å². The molecule has 10 nitrogen and oxygen atoms in total. The first kappa shape index (κ1) is 16.7. The van der Waals surface area contributed by atoms with Gasteiger partial charge in [0.25, 0.3) is 0 Å². The van der Waals surface area contributed by atoms with Gasteiger partial charge in [-0.1, -0.05) is 13.3 Å². The van der Waals surface area contributed by atoms with Crippen LogP contribution in [-0.4, -0.2) is 66.0 Å². The Balaban J connectivity index is 2.02. The van der Waals surface area contributed by atoms with Crippen LogP contribution in [-0.2, 0) is 4.74 Å². The highest BCUT2D eigenvalue weighted by Gasteiger charge is 2.44. The minimum Gasteiger partial charge on any atom is -0.394 e. The molecule has 3 rings (SSSR count). The number of aliphatic hydroxyl groups excluding tert-OH is 3. The minimum absolute atomic E-state index is 0.0136. The maximum Gasteiger partial charge on any atom is 0.224 e. The van der Waals surface area contributed by atoms with Gasteiger partial charge in [-0.2, -0.15) is 9.97 Å². The van der Waals surface area contributed by atoms with Crippen LogP contribution in [0.25, 0.3) is 11.2 Å². The number of imidazole rings is 1. The van der Waals surface area contributed by atoms with E-state index in [9.17, 15) is 15.3 Å². The Labute approximate surface area is 137 Å². The van der Waals surface area contributed by atoms with Gasteiger partial charge >= 0.3 is 0 Å². The minimum atomic E-state index is -1.23. The van der Waals surface area contributed by atoms with Gasteiger partial charge in [0, 0.05) is 6.21 Å². The standard InChI is InChI=1S/C14H20N6O4/c1-2-3-4-16-11-8-12(19-14(15)18-11)20(6-17-8)13-10(23)9(22)7(5-21)24-13/h4,6-7,9-10,13,21-23H,2-3,5H2,1H3,(H2,15,18,19)/t7-,9-,10-,13-/m1/s1. The third-order valence-corrected chi connectivity index (χ3v) is 3.84. The molecule has 10 heteroatoms. The van der Waals surface area contributed by atoms with Gasteiger partial charge in [0.1, 0.15) is 18.3 Å². The summed E-state index contributed by atoms with van der Waals surface area (Å²) in [5.41, 5.74) is 6.49. The van der Waals surface area contributed by atoms with E-state index in [1.165, 1.54) is 10.9 Å². The first-order chi connectivity index (χ1) is 11.6. The van der Waals surface area contributed by atoms with Crippen molar-refractivity contribution in [2.24, 2.45) is 4.99 Å². The summed E-state index contributed by atoms with van der Waals surface area (Å²) < 4.78 is 6.95. The number of unbranched alkanes of at least 4 members (excludes halogenated alkanes) is 1. The molecule has 0 spiro atoms. The summed E-state index contributed by atoms with van der Waals surface area (Å²) in [4.78, 5) is 16.7. The van der Waals surface area contributed by atoms with Crippen molar-refractivity contribution in [1.82, 2.24) is 19.5 Å². The Bertz CT molecular complexity index is 748. The van der Waals surface area contributed by atoms with E-state index in [-0.39, 0.29) is 5.95 Å². The highest BCUT2D eigenvalue weighted by molar-refractivity contribution is 5.84. The van der Waals surface area contributed by atoms with Crippen LogP contribution in [0.1, 0.15) is 26.0 Å². The number of anilines is 1. The normalized spacial score (nSPS) is 27.5. The van der Waals surface area contributed by atoms with Gasteiger partial charge in [-0.15, -0.1) is 0 Å². The fourth-order valence-electron chi connectivity index (χ4n) is 2.58. The SMILES string of the molecule is CCCC=Nc1nc(N)nc2c1ncn2[C@@H]1O[C@H](CO)[C@@H](O)[C@H]1O. The van der Waals surface area contributed by atoms with E-state index in [1.54, 1.807) is 6.21 Å². The highest BCUT2D eigenvalue weighted by Crippen LogP contribution is 2.32. The summed E-state index contributed by atoms with van der Waals surface area (Å²) in [6.07, 6.45) is 0.615. The average molecular weight is 336 g/mol. The molecule has 1 saturated heterocycles. The zero-order chi connectivity index (χ0) is 17.3. The van der Waals surface area contributed by atoms with E-state index >= 15 is 0 Å². The number of ether oxygens (including phenoxy) is 1. The highest BCUT2D eigenvalue weighted by atomic mass is 16.6. The predicted molar refractivity (Wildman–Crippen MR) is 85.8 cm³/mol. The Morgan fingerprint density at radius 1 is 1.38 bits per heavy atom. The summed E-state index contributed by atoms with van der Waals surface area (Å²) in [7, 11) is 0. The number of hydrogen-bond acceptors (Lipinski definition) is 9. The fraction of sp³-hybridized carbons (Fsp3) is 0.571. The molecule has 1 fully saturated rings. The van der Waals surface area contributed by atoms with E-state index < -0.39 is 31.1 Å². The number of fused-ring (bicyclic) bond motifs is 1. The zero-order valence-electron chi connectivity index (χ0n) is 13.1. The van der Waals surface area contributed by atoms with Crippen molar-refractivity contribution in [2.75, 3.05) is 12.3 Å². The number of nitrogen functional groups attached to an aromatic ring is 1. The van der Waals surface area contributed by atoms with Crippen molar-refractivity contribution >= 4 is 29.1 Å². The molecule has 2 aromatic heterocycles. The number of hydrogen-bond donors (Lipinski definition) is 4. The van der Waals surface area contributed by atoms with Gasteiger partial charge in [-0.3, -0.25) is 4.57 Å². The molecular formula is C14H20N6O4. The van der Waals surface area contributed by atoms with Crippen molar-refractivity contribution < 1.29 is 20.1 Å². The van der Waals surface area contributed by atoms with Crippen LogP contribution in [0.4, 0.5) is 11.8 Å². The summed E-state index contributed by atoms with van der Waals surface area (Å²) in [5.74, 6) is 0.344. The number of aromatic nitrogens is 4. The molecule has 24 heavy (non-hydrogen) atoms. The van der Waals surface area contributed by atoms with Crippen molar-refractivity contribution in [2.45, 2.75) is 44.3 Å². The average Bonchev–Trinajstić information content (AvgIpc) is 3.10. The van der Waals surface area contributed by atoms with Gasteiger partial charge in [-0.25, -0.2) is 9.98 Å². The smallest absolute Gasteiger partial charge is 0.224 e. The Morgan fingerprint density at radius 2 is 2.17 bits per heavy atom. The maximum absolute atomic E-state index is 10.2. The molecule has 5 N–H and O–H groups in total. The van der Waals surface area contributed by atoms with Gasteiger partial charge in [0.05, 0.1) is 12.9 Å². The summed E-state index contributed by atoms with van der Waals surface area (Å²) in [5, 5.41) is 29.3. The second-order valence-corrected chi connectivity index (χ2v) is 5.56. The predicted octanol–water partition coefficient (Wildman–Crippen LogP) is -0.478. The largest absolute Gasteiger partial charge is 0.394 e. The van der Waals surface area contributed by atoms with E-state index in [4.69, 9.17) is 10.5 Å². The first-order valence-corrected chi connectivity index (χ1v) is 7.71. The monoisotopic (exact) mass is 336 g/mol. The van der Waals surface area contributed by atoms with Crippen LogP contribution in [0.5, 0.6) is 0 Å². The number of nitrogens with two attached hydrogens (primary N) is 1. The van der Waals surface area contributed by atoms with Crippen molar-refractivity contribution in [1.29, 1.82) is 0 Å². The van der Waals surface area contributed by atoms with E-state index in [0.29, 0.717) is 17.0 Å². The number of aliphatic hydroxyl groups is 3. The molecule has 0 aliphatic carbocycles. The van der Waals surface area contributed by atoms with Crippen molar-refractivity contribution in [3.05, 3.63) is 6.33 Å². The lowest BCUT2D eigenvalue weighted by molar-refractivity contribution is -0.0511. The number of rotatable bonds is 5. The van der Waals surface area contributed by atoms with E-state index in [0.717, 1.165) is 12.8 Å². The molecule has 0 saturated carbocycles. The Kier molecular flexibility index (Phi) is 4.71. The second-order valence-electron chi connectivity index (χ2n) is 5.56. The molecule has 0 bridgehead atoms. The molecule has 0 amide bonds. The summed E-state index contributed by atoms with van der Waals surface area (Å²) in [6.45, 7) is 1.62. The molecule has 2 aromatic rings. The van der Waals surface area contributed by atoms with Gasteiger partial charge < -0.3 is 25.8 Å². The lowest BCUT2D eigenvalue weighted by Gasteiger charge is -2.16. The molecular weight excluding hydrogens is 316 g/mol. The van der Waals surface area contributed by atoms with Gasteiger partial charge in [-0.05, 0) is 6.42 Å². The quantitative estimate of drug-likeness (QED) is 0.534. The van der Waals surface area contributed by atoms with E-state index in [1.807, 2.05) is 6.92 Å². The second kappa shape index (κ2) is 6.77.